The minimum Gasteiger partial charge on any atom is -0.381 e. The highest BCUT2D eigenvalue weighted by molar-refractivity contribution is 4.79. The van der Waals surface area contributed by atoms with E-state index in [0.29, 0.717) is 5.41 Å². The lowest BCUT2D eigenvalue weighted by atomic mass is 9.82. The zero-order valence-corrected chi connectivity index (χ0v) is 9.23. The Labute approximate surface area is 82.0 Å². The second kappa shape index (κ2) is 4.97. The Morgan fingerprint density at radius 1 is 1.31 bits per heavy atom. The van der Waals surface area contributed by atoms with Crippen molar-refractivity contribution in [2.24, 2.45) is 11.3 Å². The van der Waals surface area contributed by atoms with E-state index in [9.17, 15) is 0 Å². The van der Waals surface area contributed by atoms with E-state index in [0.717, 1.165) is 32.2 Å². The molecule has 2 nitrogen and oxygen atoms in total. The van der Waals surface area contributed by atoms with Gasteiger partial charge in [-0.05, 0) is 30.7 Å². The van der Waals surface area contributed by atoms with Crippen LogP contribution in [-0.2, 0) is 4.74 Å². The van der Waals surface area contributed by atoms with Gasteiger partial charge in [-0.15, -0.1) is 0 Å². The minimum absolute atomic E-state index is 0.479. The van der Waals surface area contributed by atoms with Crippen LogP contribution in [0.15, 0.2) is 0 Å². The maximum absolute atomic E-state index is 5.36. The molecule has 0 aliphatic carbocycles. The number of ether oxygens (including phenoxy) is 1. The molecule has 0 spiro atoms. The lowest BCUT2D eigenvalue weighted by molar-refractivity contribution is 0.0239. The summed E-state index contributed by atoms with van der Waals surface area (Å²) in [5, 5.41) is 3.54. The second-order valence-corrected chi connectivity index (χ2v) is 4.95. The standard InChI is InChI=1S/C11H23NO/c1-10(2)8-12-9-11(3)4-6-13-7-5-11/h10,12H,4-9H2,1-3H3. The molecular weight excluding hydrogens is 162 g/mol. The van der Waals surface area contributed by atoms with Gasteiger partial charge in [-0.2, -0.15) is 0 Å². The average molecular weight is 185 g/mol. The van der Waals surface area contributed by atoms with E-state index in [2.05, 4.69) is 26.1 Å². The van der Waals surface area contributed by atoms with Gasteiger partial charge < -0.3 is 10.1 Å². The fraction of sp³-hybridized carbons (Fsp3) is 1.00. The van der Waals surface area contributed by atoms with Gasteiger partial charge in [0.1, 0.15) is 0 Å². The van der Waals surface area contributed by atoms with E-state index in [-0.39, 0.29) is 0 Å². The van der Waals surface area contributed by atoms with Crippen LogP contribution in [0.25, 0.3) is 0 Å². The summed E-state index contributed by atoms with van der Waals surface area (Å²) in [4.78, 5) is 0. The zero-order valence-electron chi connectivity index (χ0n) is 9.23. The summed E-state index contributed by atoms with van der Waals surface area (Å²) >= 11 is 0. The molecule has 0 radical (unpaired) electrons. The second-order valence-electron chi connectivity index (χ2n) is 4.95. The van der Waals surface area contributed by atoms with Crippen LogP contribution in [0, 0.1) is 11.3 Å². The molecule has 1 rings (SSSR count). The SMILES string of the molecule is CC(C)CNCC1(C)CCOCC1. The average Bonchev–Trinajstić information content (AvgIpc) is 2.04. The number of rotatable bonds is 4. The summed E-state index contributed by atoms with van der Waals surface area (Å²) in [7, 11) is 0. The van der Waals surface area contributed by atoms with Crippen LogP contribution >= 0.6 is 0 Å². The van der Waals surface area contributed by atoms with Crippen molar-refractivity contribution in [3.8, 4) is 0 Å². The first-order chi connectivity index (χ1) is 6.12. The zero-order chi connectivity index (χ0) is 9.73. The van der Waals surface area contributed by atoms with Gasteiger partial charge in [0.15, 0.2) is 0 Å². The summed E-state index contributed by atoms with van der Waals surface area (Å²) in [5.74, 6) is 0.753. The van der Waals surface area contributed by atoms with Gasteiger partial charge in [0.05, 0.1) is 0 Å². The Kier molecular flexibility index (Phi) is 4.20. The predicted molar refractivity (Wildman–Crippen MR) is 55.9 cm³/mol. The normalized spacial score (nSPS) is 22.2. The molecule has 1 fully saturated rings. The molecule has 13 heavy (non-hydrogen) atoms. The smallest absolute Gasteiger partial charge is 0.0471 e. The minimum atomic E-state index is 0.479. The largest absolute Gasteiger partial charge is 0.381 e. The van der Waals surface area contributed by atoms with Gasteiger partial charge in [0.25, 0.3) is 0 Å². The molecule has 0 aromatic heterocycles. The molecule has 78 valence electrons. The fourth-order valence-corrected chi connectivity index (χ4v) is 1.70. The van der Waals surface area contributed by atoms with Crippen LogP contribution in [0.2, 0.25) is 0 Å². The lowest BCUT2D eigenvalue weighted by Gasteiger charge is -2.34. The van der Waals surface area contributed by atoms with Gasteiger partial charge in [-0.1, -0.05) is 20.8 Å². The number of hydrogen-bond acceptors (Lipinski definition) is 2. The van der Waals surface area contributed by atoms with Crippen LogP contribution in [0.5, 0.6) is 0 Å². The molecule has 0 atom stereocenters. The van der Waals surface area contributed by atoms with Crippen molar-refractivity contribution in [3.05, 3.63) is 0 Å². The van der Waals surface area contributed by atoms with E-state index >= 15 is 0 Å². The van der Waals surface area contributed by atoms with Crippen molar-refractivity contribution in [2.75, 3.05) is 26.3 Å². The first-order valence-electron chi connectivity index (χ1n) is 5.41. The maximum atomic E-state index is 5.36. The molecule has 0 aromatic carbocycles. The molecule has 1 N–H and O–H groups in total. The molecule has 0 aromatic rings. The molecular formula is C11H23NO. The van der Waals surface area contributed by atoms with Crippen LogP contribution < -0.4 is 5.32 Å². The van der Waals surface area contributed by atoms with E-state index in [1.165, 1.54) is 12.8 Å². The molecule has 2 heteroatoms. The molecule has 1 aliphatic rings. The summed E-state index contributed by atoms with van der Waals surface area (Å²) < 4.78 is 5.36. The Hall–Kier alpha value is -0.0800. The van der Waals surface area contributed by atoms with E-state index in [4.69, 9.17) is 4.74 Å². The highest BCUT2D eigenvalue weighted by Crippen LogP contribution is 2.28. The summed E-state index contributed by atoms with van der Waals surface area (Å²) in [6.45, 7) is 11.0. The van der Waals surface area contributed by atoms with Crippen molar-refractivity contribution in [1.29, 1.82) is 0 Å². The van der Waals surface area contributed by atoms with Crippen LogP contribution in [-0.4, -0.2) is 26.3 Å². The van der Waals surface area contributed by atoms with Crippen molar-refractivity contribution in [1.82, 2.24) is 5.32 Å². The van der Waals surface area contributed by atoms with Crippen molar-refractivity contribution in [2.45, 2.75) is 33.6 Å². The first kappa shape index (κ1) is 11.0. The molecule has 0 bridgehead atoms. The monoisotopic (exact) mass is 185 g/mol. The predicted octanol–water partition coefficient (Wildman–Crippen LogP) is 2.05. The topological polar surface area (TPSA) is 21.3 Å². The lowest BCUT2D eigenvalue weighted by Crippen LogP contribution is -2.38. The van der Waals surface area contributed by atoms with Crippen molar-refractivity contribution in [3.63, 3.8) is 0 Å². The molecule has 0 amide bonds. The highest BCUT2D eigenvalue weighted by Gasteiger charge is 2.26. The summed E-state index contributed by atoms with van der Waals surface area (Å²) in [6, 6.07) is 0. The molecule has 0 unspecified atom stereocenters. The highest BCUT2D eigenvalue weighted by atomic mass is 16.5. The Balaban J connectivity index is 2.17. The Morgan fingerprint density at radius 2 is 1.92 bits per heavy atom. The van der Waals surface area contributed by atoms with E-state index < -0.39 is 0 Å². The van der Waals surface area contributed by atoms with Gasteiger partial charge in [0, 0.05) is 19.8 Å². The number of hydrogen-bond donors (Lipinski definition) is 1. The van der Waals surface area contributed by atoms with Gasteiger partial charge in [-0.3, -0.25) is 0 Å². The van der Waals surface area contributed by atoms with E-state index in [1.54, 1.807) is 0 Å². The van der Waals surface area contributed by atoms with Crippen LogP contribution in [0.3, 0.4) is 0 Å². The van der Waals surface area contributed by atoms with Gasteiger partial charge in [-0.25, -0.2) is 0 Å². The quantitative estimate of drug-likeness (QED) is 0.724. The molecule has 0 saturated carbocycles. The van der Waals surface area contributed by atoms with Crippen molar-refractivity contribution < 1.29 is 4.74 Å². The van der Waals surface area contributed by atoms with Gasteiger partial charge in [0.2, 0.25) is 0 Å². The van der Waals surface area contributed by atoms with E-state index in [1.807, 2.05) is 0 Å². The summed E-state index contributed by atoms with van der Waals surface area (Å²) in [6.07, 6.45) is 2.41. The third kappa shape index (κ3) is 4.10. The number of nitrogens with one attached hydrogen (secondary N) is 1. The fourth-order valence-electron chi connectivity index (χ4n) is 1.70. The van der Waals surface area contributed by atoms with Crippen LogP contribution in [0.4, 0.5) is 0 Å². The van der Waals surface area contributed by atoms with Gasteiger partial charge >= 0.3 is 0 Å². The third-order valence-electron chi connectivity index (χ3n) is 2.80. The molecule has 1 aliphatic heterocycles. The Bertz CT molecular complexity index is 139. The Morgan fingerprint density at radius 3 is 2.46 bits per heavy atom. The first-order valence-corrected chi connectivity index (χ1v) is 5.41. The molecule has 1 saturated heterocycles. The van der Waals surface area contributed by atoms with Crippen LogP contribution in [0.1, 0.15) is 33.6 Å². The maximum Gasteiger partial charge on any atom is 0.0471 e. The third-order valence-corrected chi connectivity index (χ3v) is 2.80. The van der Waals surface area contributed by atoms with Crippen molar-refractivity contribution >= 4 is 0 Å². The molecule has 1 heterocycles. The summed E-state index contributed by atoms with van der Waals surface area (Å²) in [5.41, 5.74) is 0.479.